The summed E-state index contributed by atoms with van der Waals surface area (Å²) in [5.41, 5.74) is 13.2. The number of nitrogens with zero attached hydrogens (tertiary/aromatic N) is 2. The van der Waals surface area contributed by atoms with Gasteiger partial charge in [0.1, 0.15) is 11.5 Å². The molecular weight excluding hydrogens is 228 g/mol. The van der Waals surface area contributed by atoms with Crippen molar-refractivity contribution < 1.29 is 5.11 Å². The molecule has 92 valence electrons. The molecule has 0 unspecified atom stereocenters. The highest BCUT2D eigenvalue weighted by Gasteiger charge is 2.09. The summed E-state index contributed by atoms with van der Waals surface area (Å²) in [7, 11) is 0. The summed E-state index contributed by atoms with van der Waals surface area (Å²) in [6, 6.07) is 9.54. The monoisotopic (exact) mass is 242 g/mol. The smallest absolute Gasteiger partial charge is 0.160 e. The fraction of sp³-hybridized carbons (Fsp3) is 0.154. The molecule has 0 radical (unpaired) electrons. The van der Waals surface area contributed by atoms with Crippen LogP contribution in [0.1, 0.15) is 11.3 Å². The quantitative estimate of drug-likeness (QED) is 0.666. The molecule has 0 spiro atoms. The van der Waals surface area contributed by atoms with Crippen molar-refractivity contribution in [2.24, 2.45) is 0 Å². The fourth-order valence-corrected chi connectivity index (χ4v) is 1.50. The van der Waals surface area contributed by atoms with Gasteiger partial charge in [-0.2, -0.15) is 5.10 Å². The third kappa shape index (κ3) is 2.44. The van der Waals surface area contributed by atoms with E-state index in [-0.39, 0.29) is 6.61 Å². The van der Waals surface area contributed by atoms with Gasteiger partial charge in [-0.05, 0) is 18.1 Å². The topological polar surface area (TPSA) is 90.1 Å². The van der Waals surface area contributed by atoms with Crippen LogP contribution in [-0.2, 0) is 6.54 Å². The zero-order chi connectivity index (χ0) is 13.0. The van der Waals surface area contributed by atoms with Gasteiger partial charge in [0.05, 0.1) is 13.2 Å². The first-order chi connectivity index (χ1) is 8.72. The summed E-state index contributed by atoms with van der Waals surface area (Å²) in [6.07, 6.45) is 0. The number of nitrogens with two attached hydrogens (primary N) is 2. The molecule has 0 aliphatic carbocycles. The van der Waals surface area contributed by atoms with Gasteiger partial charge in [0.15, 0.2) is 5.69 Å². The van der Waals surface area contributed by atoms with E-state index in [4.69, 9.17) is 16.6 Å². The van der Waals surface area contributed by atoms with E-state index in [0.717, 1.165) is 5.56 Å². The number of benzene rings is 1. The summed E-state index contributed by atoms with van der Waals surface area (Å²) < 4.78 is 1.45. The van der Waals surface area contributed by atoms with E-state index in [1.165, 1.54) is 4.68 Å². The molecule has 0 atom stereocenters. The van der Waals surface area contributed by atoms with Crippen molar-refractivity contribution in [1.29, 1.82) is 0 Å². The second kappa shape index (κ2) is 5.25. The van der Waals surface area contributed by atoms with Gasteiger partial charge < -0.3 is 16.6 Å². The normalized spacial score (nSPS) is 9.83. The van der Waals surface area contributed by atoms with E-state index in [1.54, 1.807) is 0 Å². The van der Waals surface area contributed by atoms with Crippen LogP contribution in [0.5, 0.6) is 0 Å². The predicted molar refractivity (Wildman–Crippen MR) is 70.6 cm³/mol. The molecule has 5 N–H and O–H groups in total. The van der Waals surface area contributed by atoms with Crippen molar-refractivity contribution in [3.05, 3.63) is 41.6 Å². The van der Waals surface area contributed by atoms with E-state index in [0.29, 0.717) is 23.7 Å². The molecule has 0 aliphatic rings. The number of aromatic nitrogens is 2. The number of hydrogen-bond donors (Lipinski definition) is 3. The van der Waals surface area contributed by atoms with Crippen molar-refractivity contribution in [2.45, 2.75) is 6.54 Å². The molecule has 2 rings (SSSR count). The van der Waals surface area contributed by atoms with E-state index in [9.17, 15) is 0 Å². The number of aliphatic hydroxyl groups is 1. The van der Waals surface area contributed by atoms with Crippen LogP contribution in [-0.4, -0.2) is 21.5 Å². The molecule has 0 bridgehead atoms. The van der Waals surface area contributed by atoms with Crippen molar-refractivity contribution in [2.75, 3.05) is 18.1 Å². The summed E-state index contributed by atoms with van der Waals surface area (Å²) in [5.74, 6) is 6.18. The first-order valence-electron chi connectivity index (χ1n) is 5.52. The van der Waals surface area contributed by atoms with Crippen LogP contribution in [0.3, 0.4) is 0 Å². The van der Waals surface area contributed by atoms with Gasteiger partial charge in [-0.25, -0.2) is 4.68 Å². The SMILES string of the molecule is Nc1c(C#Cc2ccccc2)nn(CCO)c1N. The van der Waals surface area contributed by atoms with Crippen LogP contribution < -0.4 is 11.5 Å². The van der Waals surface area contributed by atoms with Gasteiger partial charge in [-0.1, -0.05) is 24.1 Å². The molecule has 0 fully saturated rings. The molecule has 0 saturated heterocycles. The average molecular weight is 242 g/mol. The molecule has 2 aromatic rings. The standard InChI is InChI=1S/C13H14N4O/c14-12-11(16-17(8-9-18)13(12)15)7-6-10-4-2-1-3-5-10/h1-5,18H,8-9,14-15H2. The molecule has 5 nitrogen and oxygen atoms in total. The van der Waals surface area contributed by atoms with E-state index < -0.39 is 0 Å². The van der Waals surface area contributed by atoms with E-state index in [1.807, 2.05) is 30.3 Å². The maximum Gasteiger partial charge on any atom is 0.160 e. The zero-order valence-electron chi connectivity index (χ0n) is 9.80. The summed E-state index contributed by atoms with van der Waals surface area (Å²) in [6.45, 7) is 0.264. The molecule has 1 aromatic heterocycles. The Bertz CT molecular complexity index is 593. The maximum absolute atomic E-state index is 8.86. The molecule has 1 heterocycles. The highest BCUT2D eigenvalue weighted by Crippen LogP contribution is 2.18. The molecule has 1 aromatic carbocycles. The minimum atomic E-state index is -0.0448. The second-order valence-corrected chi connectivity index (χ2v) is 3.71. The first kappa shape index (κ1) is 12.0. The largest absolute Gasteiger partial charge is 0.394 e. The number of hydrogen-bond acceptors (Lipinski definition) is 4. The van der Waals surface area contributed by atoms with Crippen molar-refractivity contribution in [3.8, 4) is 11.8 Å². The minimum absolute atomic E-state index is 0.0448. The fourth-order valence-electron chi connectivity index (χ4n) is 1.50. The first-order valence-corrected chi connectivity index (χ1v) is 5.52. The van der Waals surface area contributed by atoms with Crippen LogP contribution in [0.4, 0.5) is 11.5 Å². The van der Waals surface area contributed by atoms with Crippen LogP contribution in [0.15, 0.2) is 30.3 Å². The van der Waals surface area contributed by atoms with Crippen molar-refractivity contribution in [1.82, 2.24) is 9.78 Å². The Hall–Kier alpha value is -2.45. The van der Waals surface area contributed by atoms with Gasteiger partial charge in [0, 0.05) is 5.56 Å². The predicted octanol–water partition coefficient (Wildman–Crippen LogP) is 0.440. The van der Waals surface area contributed by atoms with Gasteiger partial charge in [-0.15, -0.1) is 0 Å². The van der Waals surface area contributed by atoms with Gasteiger partial charge >= 0.3 is 0 Å². The molecule has 0 aliphatic heterocycles. The van der Waals surface area contributed by atoms with E-state index >= 15 is 0 Å². The van der Waals surface area contributed by atoms with Crippen LogP contribution in [0.2, 0.25) is 0 Å². The number of nitrogen functional groups attached to an aromatic ring is 2. The van der Waals surface area contributed by atoms with Crippen LogP contribution in [0, 0.1) is 11.8 Å². The Morgan fingerprint density at radius 2 is 1.89 bits per heavy atom. The molecular formula is C13H14N4O. The minimum Gasteiger partial charge on any atom is -0.394 e. The average Bonchev–Trinajstić information content (AvgIpc) is 2.66. The second-order valence-electron chi connectivity index (χ2n) is 3.71. The number of anilines is 2. The van der Waals surface area contributed by atoms with Crippen molar-refractivity contribution in [3.63, 3.8) is 0 Å². The molecule has 0 amide bonds. The summed E-state index contributed by atoms with van der Waals surface area (Å²) in [5, 5.41) is 13.0. The van der Waals surface area contributed by atoms with Gasteiger partial charge in [0.2, 0.25) is 0 Å². The van der Waals surface area contributed by atoms with Gasteiger partial charge in [0.25, 0.3) is 0 Å². The Kier molecular flexibility index (Phi) is 3.51. The number of rotatable bonds is 2. The molecule has 0 saturated carbocycles. The Labute approximate surface area is 105 Å². The van der Waals surface area contributed by atoms with Gasteiger partial charge in [-0.3, -0.25) is 0 Å². The Balaban J connectivity index is 2.30. The van der Waals surface area contributed by atoms with Crippen LogP contribution in [0.25, 0.3) is 0 Å². The highest BCUT2D eigenvalue weighted by molar-refractivity contribution is 5.67. The lowest BCUT2D eigenvalue weighted by molar-refractivity contribution is 0.270. The highest BCUT2D eigenvalue weighted by atomic mass is 16.3. The third-order valence-corrected chi connectivity index (χ3v) is 2.44. The summed E-state index contributed by atoms with van der Waals surface area (Å²) >= 11 is 0. The molecule has 18 heavy (non-hydrogen) atoms. The zero-order valence-corrected chi connectivity index (χ0v) is 9.80. The number of aliphatic hydroxyl groups excluding tert-OH is 1. The van der Waals surface area contributed by atoms with Crippen LogP contribution >= 0.6 is 0 Å². The Morgan fingerprint density at radius 1 is 1.17 bits per heavy atom. The maximum atomic E-state index is 8.86. The lowest BCUT2D eigenvalue weighted by Crippen LogP contribution is -2.08. The van der Waals surface area contributed by atoms with E-state index in [2.05, 4.69) is 16.9 Å². The summed E-state index contributed by atoms with van der Waals surface area (Å²) in [4.78, 5) is 0. The lowest BCUT2D eigenvalue weighted by Gasteiger charge is -1.98. The van der Waals surface area contributed by atoms with Crippen molar-refractivity contribution >= 4 is 11.5 Å². The third-order valence-electron chi connectivity index (χ3n) is 2.44. The lowest BCUT2D eigenvalue weighted by atomic mass is 10.2. The molecule has 5 heteroatoms. The Morgan fingerprint density at radius 3 is 2.56 bits per heavy atom.